The molecule has 2 aliphatic heterocycles. The quantitative estimate of drug-likeness (QED) is 0.718. The Bertz CT molecular complexity index is 901. The van der Waals surface area contributed by atoms with Gasteiger partial charge in [-0.3, -0.25) is 0 Å². The van der Waals surface area contributed by atoms with Gasteiger partial charge in [0.25, 0.3) is 0 Å². The number of pyridine rings is 1. The van der Waals surface area contributed by atoms with Crippen LogP contribution in [0, 0.1) is 23.7 Å². The van der Waals surface area contributed by atoms with E-state index in [1.807, 2.05) is 19.1 Å². The molecule has 0 N–H and O–H groups in total. The number of rotatable bonds is 3. The number of piperidine rings is 1. The number of nitriles is 1. The molecule has 1 spiro atoms. The smallest absolute Gasteiger partial charge is 0.129 e. The number of anilines is 2. The molecule has 1 aromatic carbocycles. The predicted octanol–water partition coefficient (Wildman–Crippen LogP) is 5.27. The number of hydrogen-bond acceptors (Lipinski definition) is 4. The van der Waals surface area contributed by atoms with E-state index >= 15 is 0 Å². The van der Waals surface area contributed by atoms with E-state index in [-0.39, 0.29) is 0 Å². The maximum atomic E-state index is 9.18. The number of aryl methyl sites for hydroxylation is 1. The van der Waals surface area contributed by atoms with Gasteiger partial charge in [0, 0.05) is 31.4 Å². The second kappa shape index (κ2) is 7.71. The molecule has 1 atom stereocenters. The topological polar surface area (TPSA) is 43.2 Å². The van der Waals surface area contributed by atoms with Crippen LogP contribution < -0.4 is 9.80 Å². The number of benzene rings is 1. The van der Waals surface area contributed by atoms with Gasteiger partial charge in [-0.2, -0.15) is 5.26 Å². The first-order chi connectivity index (χ1) is 13.9. The Labute approximate surface area is 175 Å². The molecule has 152 valence electrons. The van der Waals surface area contributed by atoms with Crippen molar-refractivity contribution in [1.29, 1.82) is 5.26 Å². The van der Waals surface area contributed by atoms with Crippen molar-refractivity contribution in [2.45, 2.75) is 58.9 Å². The highest BCUT2D eigenvalue weighted by atomic mass is 15.2. The molecule has 0 aliphatic carbocycles. The highest BCUT2D eigenvalue weighted by molar-refractivity contribution is 5.50. The van der Waals surface area contributed by atoms with Gasteiger partial charge in [-0.15, -0.1) is 0 Å². The molecule has 4 nitrogen and oxygen atoms in total. The third-order valence-electron chi connectivity index (χ3n) is 7.00. The standard InChI is InChI=1S/C25H32N4/c1-18(2)21-5-8-23(9-6-21)28-13-11-25(12-14-28)15-19(3)29(17-25)24-10-7-22(16-26)20(4)27-24/h5-10,18-19H,11-15,17H2,1-4H3/t19-/m0/s1. The molecule has 3 heterocycles. The molecular formula is C25H32N4. The normalized spacial score (nSPS) is 21.0. The molecule has 2 aromatic rings. The Morgan fingerprint density at radius 2 is 1.79 bits per heavy atom. The first kappa shape index (κ1) is 19.8. The van der Waals surface area contributed by atoms with Crippen molar-refractivity contribution in [3.63, 3.8) is 0 Å². The zero-order valence-corrected chi connectivity index (χ0v) is 18.2. The van der Waals surface area contributed by atoms with Crippen LogP contribution in [0.4, 0.5) is 11.5 Å². The molecule has 1 aromatic heterocycles. The van der Waals surface area contributed by atoms with E-state index in [1.165, 1.54) is 30.5 Å². The van der Waals surface area contributed by atoms with Crippen LogP contribution in [-0.4, -0.2) is 30.7 Å². The Hall–Kier alpha value is -2.54. The van der Waals surface area contributed by atoms with Gasteiger partial charge in [0.15, 0.2) is 0 Å². The third-order valence-corrected chi connectivity index (χ3v) is 7.00. The van der Waals surface area contributed by atoms with Gasteiger partial charge in [-0.25, -0.2) is 4.98 Å². The van der Waals surface area contributed by atoms with Gasteiger partial charge in [-0.05, 0) is 74.3 Å². The minimum atomic E-state index is 0.386. The molecule has 0 unspecified atom stereocenters. The summed E-state index contributed by atoms with van der Waals surface area (Å²) in [7, 11) is 0. The van der Waals surface area contributed by atoms with Crippen molar-refractivity contribution >= 4 is 11.5 Å². The Morgan fingerprint density at radius 1 is 1.10 bits per heavy atom. The second-order valence-corrected chi connectivity index (χ2v) is 9.33. The SMILES string of the molecule is Cc1nc(N2CC3(CCN(c4ccc(C(C)C)cc4)CC3)C[C@@H]2C)ccc1C#N. The van der Waals surface area contributed by atoms with E-state index in [2.05, 4.69) is 60.9 Å². The lowest BCUT2D eigenvalue weighted by Gasteiger charge is -2.40. The van der Waals surface area contributed by atoms with Gasteiger partial charge in [0.1, 0.15) is 11.9 Å². The fourth-order valence-corrected chi connectivity index (χ4v) is 5.12. The van der Waals surface area contributed by atoms with E-state index in [1.54, 1.807) is 0 Å². The highest BCUT2D eigenvalue weighted by Gasteiger charge is 2.44. The third kappa shape index (κ3) is 3.83. The average Bonchev–Trinajstić information content (AvgIpc) is 3.04. The molecule has 4 rings (SSSR count). The van der Waals surface area contributed by atoms with Crippen LogP contribution in [0.15, 0.2) is 36.4 Å². The van der Waals surface area contributed by atoms with Crippen LogP contribution in [0.25, 0.3) is 0 Å². The van der Waals surface area contributed by atoms with Crippen molar-refractivity contribution in [1.82, 2.24) is 4.98 Å². The maximum Gasteiger partial charge on any atom is 0.129 e. The summed E-state index contributed by atoms with van der Waals surface area (Å²) in [6.07, 6.45) is 3.69. The minimum absolute atomic E-state index is 0.386. The molecule has 29 heavy (non-hydrogen) atoms. The highest BCUT2D eigenvalue weighted by Crippen LogP contribution is 2.45. The van der Waals surface area contributed by atoms with Gasteiger partial charge >= 0.3 is 0 Å². The zero-order chi connectivity index (χ0) is 20.6. The fourth-order valence-electron chi connectivity index (χ4n) is 5.12. The number of aromatic nitrogens is 1. The minimum Gasteiger partial charge on any atom is -0.371 e. The van der Waals surface area contributed by atoms with Crippen LogP contribution >= 0.6 is 0 Å². The molecule has 0 amide bonds. The summed E-state index contributed by atoms with van der Waals surface area (Å²) < 4.78 is 0. The molecule has 2 saturated heterocycles. The second-order valence-electron chi connectivity index (χ2n) is 9.33. The zero-order valence-electron chi connectivity index (χ0n) is 18.2. The summed E-state index contributed by atoms with van der Waals surface area (Å²) >= 11 is 0. The van der Waals surface area contributed by atoms with Crippen molar-refractivity contribution < 1.29 is 0 Å². The fraction of sp³-hybridized carbons (Fsp3) is 0.520. The Balaban J connectivity index is 1.43. The molecule has 2 fully saturated rings. The van der Waals surface area contributed by atoms with E-state index in [0.717, 1.165) is 31.1 Å². The summed E-state index contributed by atoms with van der Waals surface area (Å²) in [5, 5.41) is 9.18. The Morgan fingerprint density at radius 3 is 2.38 bits per heavy atom. The van der Waals surface area contributed by atoms with Gasteiger partial charge in [0.05, 0.1) is 11.3 Å². The van der Waals surface area contributed by atoms with Gasteiger partial charge in [0.2, 0.25) is 0 Å². The Kier molecular flexibility index (Phi) is 5.25. The summed E-state index contributed by atoms with van der Waals surface area (Å²) in [4.78, 5) is 9.74. The number of nitrogens with zero attached hydrogens (tertiary/aromatic N) is 4. The largest absolute Gasteiger partial charge is 0.371 e. The first-order valence-corrected chi connectivity index (χ1v) is 10.9. The van der Waals surface area contributed by atoms with Crippen LogP contribution in [-0.2, 0) is 0 Å². The summed E-state index contributed by atoms with van der Waals surface area (Å²) in [5.74, 6) is 1.61. The lowest BCUT2D eigenvalue weighted by Crippen LogP contribution is -2.41. The maximum absolute atomic E-state index is 9.18. The van der Waals surface area contributed by atoms with Crippen molar-refractivity contribution in [2.75, 3.05) is 29.4 Å². The van der Waals surface area contributed by atoms with Crippen molar-refractivity contribution in [2.24, 2.45) is 5.41 Å². The lowest BCUT2D eigenvalue weighted by atomic mass is 9.76. The van der Waals surface area contributed by atoms with E-state index < -0.39 is 0 Å². The first-order valence-electron chi connectivity index (χ1n) is 10.9. The molecule has 0 bridgehead atoms. The van der Waals surface area contributed by atoms with E-state index in [4.69, 9.17) is 4.98 Å². The van der Waals surface area contributed by atoms with E-state index in [0.29, 0.717) is 22.9 Å². The van der Waals surface area contributed by atoms with Crippen LogP contribution in [0.5, 0.6) is 0 Å². The van der Waals surface area contributed by atoms with Crippen LogP contribution in [0.3, 0.4) is 0 Å². The summed E-state index contributed by atoms with van der Waals surface area (Å²) in [5.41, 5.74) is 4.66. The molecular weight excluding hydrogens is 356 g/mol. The monoisotopic (exact) mass is 388 g/mol. The summed E-state index contributed by atoms with van der Waals surface area (Å²) in [6.45, 7) is 12.1. The molecule has 2 aliphatic rings. The van der Waals surface area contributed by atoms with Crippen LogP contribution in [0.1, 0.15) is 62.8 Å². The molecule has 4 heteroatoms. The predicted molar refractivity (Wildman–Crippen MR) is 120 cm³/mol. The average molecular weight is 389 g/mol. The van der Waals surface area contributed by atoms with Crippen molar-refractivity contribution in [3.8, 4) is 6.07 Å². The van der Waals surface area contributed by atoms with Gasteiger partial charge in [-0.1, -0.05) is 26.0 Å². The lowest BCUT2D eigenvalue weighted by molar-refractivity contribution is 0.245. The number of hydrogen-bond donors (Lipinski definition) is 0. The van der Waals surface area contributed by atoms with E-state index in [9.17, 15) is 5.26 Å². The van der Waals surface area contributed by atoms with Crippen LogP contribution in [0.2, 0.25) is 0 Å². The summed E-state index contributed by atoms with van der Waals surface area (Å²) in [6, 6.07) is 15.8. The van der Waals surface area contributed by atoms with Gasteiger partial charge < -0.3 is 9.80 Å². The molecule has 0 radical (unpaired) electrons. The molecule has 0 saturated carbocycles. The van der Waals surface area contributed by atoms with Crippen molar-refractivity contribution in [3.05, 3.63) is 53.2 Å².